The van der Waals surface area contributed by atoms with Crippen LogP contribution in [0, 0.1) is 39.9 Å². The number of nitrogens with zero attached hydrogens (tertiary/aromatic N) is 3. The van der Waals surface area contributed by atoms with Crippen molar-refractivity contribution in [1.82, 2.24) is 4.90 Å². The maximum atomic E-state index is 14.2. The molecule has 1 aromatic carbocycles. The average molecular weight is 427 g/mol. The van der Waals surface area contributed by atoms with E-state index in [-0.39, 0.29) is 17.3 Å². The molecule has 1 amide bonds. The molecule has 0 spiro atoms. The maximum absolute atomic E-state index is 14.2. The highest BCUT2D eigenvalue weighted by Crippen LogP contribution is 2.69. The van der Waals surface area contributed by atoms with Gasteiger partial charge in [0.25, 0.3) is 5.91 Å². The van der Waals surface area contributed by atoms with Crippen LogP contribution in [0.5, 0.6) is 0 Å². The molecule has 0 aromatic heterocycles. The lowest BCUT2D eigenvalue weighted by Crippen LogP contribution is -2.67. The first-order valence-corrected chi connectivity index (χ1v) is 11.9. The Labute approximate surface area is 189 Å². The fraction of sp³-hybridized carbons (Fsp3) is 0.519. The topological polar surface area (TPSA) is 82.5 Å². The Morgan fingerprint density at radius 2 is 1.72 bits per heavy atom. The predicted molar refractivity (Wildman–Crippen MR) is 124 cm³/mol. The Balaban J connectivity index is 1.54. The highest BCUT2D eigenvalue weighted by atomic mass is 16.2. The summed E-state index contributed by atoms with van der Waals surface area (Å²) in [6.07, 6.45) is 13.2. The molecule has 164 valence electrons. The summed E-state index contributed by atoms with van der Waals surface area (Å²) in [5, 5.41) is 10.8. The summed E-state index contributed by atoms with van der Waals surface area (Å²) in [6, 6.07) is 12.8. The van der Waals surface area contributed by atoms with E-state index in [0.717, 1.165) is 30.4 Å². The van der Waals surface area contributed by atoms with E-state index in [1.807, 2.05) is 30.4 Å². The molecular weight excluding hydrogens is 396 g/mol. The molecule has 2 N–H and O–H groups in total. The molecule has 1 aliphatic heterocycles. The zero-order valence-electron chi connectivity index (χ0n) is 18.6. The first kappa shape index (κ1) is 19.8. The van der Waals surface area contributed by atoms with Crippen molar-refractivity contribution in [3.8, 4) is 6.07 Å². The predicted octanol–water partition coefficient (Wildman–Crippen LogP) is 4.28. The van der Waals surface area contributed by atoms with Crippen LogP contribution in [0.25, 0.3) is 5.57 Å². The van der Waals surface area contributed by atoms with E-state index in [4.69, 9.17) is 10.7 Å². The third-order valence-corrected chi connectivity index (χ3v) is 9.18. The van der Waals surface area contributed by atoms with Crippen LogP contribution >= 0.6 is 0 Å². The fourth-order valence-electron chi connectivity index (χ4n) is 8.31. The van der Waals surface area contributed by atoms with Gasteiger partial charge in [-0.25, -0.2) is 4.99 Å². The van der Waals surface area contributed by atoms with Gasteiger partial charge in [-0.05, 0) is 73.8 Å². The molecule has 2 atom stereocenters. The molecule has 1 heterocycles. The maximum Gasteiger partial charge on any atom is 0.259 e. The van der Waals surface area contributed by atoms with E-state index in [0.29, 0.717) is 24.2 Å². The second-order valence-electron chi connectivity index (χ2n) is 10.9. The van der Waals surface area contributed by atoms with Gasteiger partial charge in [0.2, 0.25) is 0 Å². The number of benzene rings is 1. The first-order chi connectivity index (χ1) is 15.4. The number of amides is 1. The average Bonchev–Trinajstić information content (AvgIpc) is 3.04. The summed E-state index contributed by atoms with van der Waals surface area (Å²) >= 11 is 0. The molecule has 0 saturated heterocycles. The number of nitrogens with two attached hydrogens (primary N) is 1. The Bertz CT molecular complexity index is 1070. The van der Waals surface area contributed by atoms with Crippen molar-refractivity contribution in [2.75, 3.05) is 7.05 Å². The van der Waals surface area contributed by atoms with Crippen LogP contribution in [-0.4, -0.2) is 29.4 Å². The zero-order valence-corrected chi connectivity index (χ0v) is 18.6. The van der Waals surface area contributed by atoms with Gasteiger partial charge in [-0.15, -0.1) is 0 Å². The molecular formula is C27H30N4O. The smallest absolute Gasteiger partial charge is 0.259 e. The Hall–Kier alpha value is -2.87. The number of hydrogen-bond acceptors (Lipinski definition) is 4. The van der Waals surface area contributed by atoms with Gasteiger partial charge in [-0.3, -0.25) is 9.69 Å². The number of carbonyl (C=O) groups is 1. The molecule has 5 aliphatic carbocycles. The van der Waals surface area contributed by atoms with E-state index in [9.17, 15) is 10.1 Å². The van der Waals surface area contributed by atoms with Crippen LogP contribution in [0.15, 0.2) is 53.6 Å². The number of guanidine groups is 1. The molecule has 4 fully saturated rings. The summed E-state index contributed by atoms with van der Waals surface area (Å²) in [5.41, 5.74) is 6.00. The molecule has 4 saturated carbocycles. The minimum absolute atomic E-state index is 0.0857. The zero-order chi connectivity index (χ0) is 22.1. The molecule has 5 heteroatoms. The first-order valence-electron chi connectivity index (χ1n) is 11.9. The number of likely N-dealkylation sites (N-methyl/N-ethyl adjacent to an activating group) is 1. The standard InChI is InChI=1S/C27H30N4O/c1-31-23(32)27(30-24(31)29,26-13-18-10-19(14-26)12-20(11-18)15-26)25(17-28)9-5-8-22(16-25)21-6-3-2-4-7-21/h2-9,18-20H,10-16H2,1H3,(H2,29,30). The minimum atomic E-state index is -1.16. The number of rotatable bonds is 3. The van der Waals surface area contributed by atoms with E-state index in [1.54, 1.807) is 7.05 Å². The summed E-state index contributed by atoms with van der Waals surface area (Å²) < 4.78 is 0. The van der Waals surface area contributed by atoms with Crippen molar-refractivity contribution in [2.45, 2.75) is 50.5 Å². The van der Waals surface area contributed by atoms with E-state index in [2.05, 4.69) is 24.3 Å². The van der Waals surface area contributed by atoms with Gasteiger partial charge in [0, 0.05) is 12.5 Å². The minimum Gasteiger partial charge on any atom is -0.369 e. The van der Waals surface area contributed by atoms with Crippen LogP contribution in [0.4, 0.5) is 0 Å². The molecule has 5 nitrogen and oxygen atoms in total. The van der Waals surface area contributed by atoms with Crippen molar-refractivity contribution in [1.29, 1.82) is 5.26 Å². The Morgan fingerprint density at radius 3 is 2.25 bits per heavy atom. The van der Waals surface area contributed by atoms with E-state index < -0.39 is 11.0 Å². The number of aliphatic imine (C=N–C) groups is 1. The SMILES string of the molecule is CN1C(=O)C(C2(C#N)C=CC=C(c3ccccc3)C2)(C23CC4CC(CC(C4)C2)C3)N=C1N. The van der Waals surface area contributed by atoms with Gasteiger partial charge >= 0.3 is 0 Å². The van der Waals surface area contributed by atoms with Crippen LogP contribution in [0.2, 0.25) is 0 Å². The molecule has 7 rings (SSSR count). The van der Waals surface area contributed by atoms with Crippen LogP contribution in [0.1, 0.15) is 50.5 Å². The van der Waals surface area contributed by atoms with Gasteiger partial charge in [-0.1, -0.05) is 48.6 Å². The number of hydrogen-bond donors (Lipinski definition) is 1. The largest absolute Gasteiger partial charge is 0.369 e. The molecule has 32 heavy (non-hydrogen) atoms. The second kappa shape index (κ2) is 6.57. The Morgan fingerprint density at radius 1 is 1.09 bits per heavy atom. The lowest BCUT2D eigenvalue weighted by atomic mass is 9.40. The number of nitriles is 1. The molecule has 0 radical (unpaired) electrons. The van der Waals surface area contributed by atoms with Gasteiger partial charge in [-0.2, -0.15) is 5.26 Å². The second-order valence-corrected chi connectivity index (χ2v) is 10.9. The van der Waals surface area contributed by atoms with Gasteiger partial charge in [0.15, 0.2) is 11.5 Å². The van der Waals surface area contributed by atoms with Crippen molar-refractivity contribution in [3.63, 3.8) is 0 Å². The van der Waals surface area contributed by atoms with E-state index in [1.165, 1.54) is 24.2 Å². The van der Waals surface area contributed by atoms with Crippen LogP contribution in [0.3, 0.4) is 0 Å². The fourth-order valence-corrected chi connectivity index (χ4v) is 8.31. The van der Waals surface area contributed by atoms with Crippen molar-refractivity contribution < 1.29 is 4.79 Å². The quantitative estimate of drug-likeness (QED) is 0.783. The Kier molecular flexibility index (Phi) is 4.06. The molecule has 2 unspecified atom stereocenters. The normalized spacial score (nSPS) is 42.1. The summed E-state index contributed by atoms with van der Waals surface area (Å²) in [4.78, 5) is 20.7. The monoisotopic (exact) mass is 426 g/mol. The van der Waals surface area contributed by atoms with Gasteiger partial charge in [0.1, 0.15) is 5.41 Å². The molecule has 1 aromatic rings. The molecule has 6 aliphatic rings. The highest BCUT2D eigenvalue weighted by molar-refractivity contribution is 6.08. The summed E-state index contributed by atoms with van der Waals surface area (Å²) in [6.45, 7) is 0. The van der Waals surface area contributed by atoms with Crippen LogP contribution < -0.4 is 5.73 Å². The van der Waals surface area contributed by atoms with Crippen molar-refractivity contribution in [3.05, 3.63) is 54.1 Å². The van der Waals surface area contributed by atoms with E-state index >= 15 is 0 Å². The van der Waals surface area contributed by atoms with Crippen LogP contribution in [-0.2, 0) is 4.79 Å². The number of carbonyl (C=O) groups excluding carboxylic acids is 1. The highest BCUT2D eigenvalue weighted by Gasteiger charge is 2.73. The lowest BCUT2D eigenvalue weighted by molar-refractivity contribution is -0.156. The lowest BCUT2D eigenvalue weighted by Gasteiger charge is -2.63. The van der Waals surface area contributed by atoms with Crippen molar-refractivity contribution in [2.24, 2.45) is 39.3 Å². The third kappa shape index (κ3) is 2.38. The van der Waals surface area contributed by atoms with Gasteiger partial charge in [0.05, 0.1) is 6.07 Å². The molecule has 4 bridgehead atoms. The van der Waals surface area contributed by atoms with Gasteiger partial charge < -0.3 is 5.73 Å². The summed E-state index contributed by atoms with van der Waals surface area (Å²) in [5.74, 6) is 2.09. The third-order valence-electron chi connectivity index (χ3n) is 9.18. The summed E-state index contributed by atoms with van der Waals surface area (Å²) in [7, 11) is 1.72. The van der Waals surface area contributed by atoms with Crippen molar-refractivity contribution >= 4 is 17.4 Å². The number of allylic oxidation sites excluding steroid dienone is 3.